The molecule has 0 radical (unpaired) electrons. The van der Waals surface area contributed by atoms with E-state index in [1.807, 2.05) is 6.92 Å². The monoisotopic (exact) mass is 471 g/mol. The lowest BCUT2D eigenvalue weighted by molar-refractivity contribution is -0.126. The first kappa shape index (κ1) is 24.8. The van der Waals surface area contributed by atoms with E-state index in [0.29, 0.717) is 36.8 Å². The molecule has 0 bridgehead atoms. The number of sulfonamides is 1. The minimum absolute atomic E-state index is 0.00670. The summed E-state index contributed by atoms with van der Waals surface area (Å²) in [4.78, 5) is 27.5. The number of nitrogens with one attached hydrogen (secondary N) is 2. The van der Waals surface area contributed by atoms with Crippen LogP contribution in [0.15, 0.2) is 53.4 Å². The van der Waals surface area contributed by atoms with Gasteiger partial charge in [0.25, 0.3) is 15.9 Å². The third-order valence-corrected chi connectivity index (χ3v) is 7.19. The molecular formula is C25H33N3O4S. The van der Waals surface area contributed by atoms with Gasteiger partial charge < -0.3 is 10.2 Å². The number of rotatable bonds is 8. The summed E-state index contributed by atoms with van der Waals surface area (Å²) >= 11 is 0. The zero-order chi connectivity index (χ0) is 24.0. The molecule has 3 rings (SSSR count). The van der Waals surface area contributed by atoms with Gasteiger partial charge in [0.1, 0.15) is 0 Å². The molecule has 8 heteroatoms. The first-order valence-corrected chi connectivity index (χ1v) is 12.9. The van der Waals surface area contributed by atoms with Gasteiger partial charge in [-0.05, 0) is 62.4 Å². The van der Waals surface area contributed by atoms with E-state index in [-0.39, 0.29) is 22.6 Å². The number of carbonyl (C=O) groups is 2. The number of hydrogen-bond acceptors (Lipinski definition) is 4. The van der Waals surface area contributed by atoms with Crippen molar-refractivity contribution >= 4 is 27.5 Å². The van der Waals surface area contributed by atoms with Crippen molar-refractivity contribution in [2.45, 2.75) is 44.9 Å². The number of amides is 2. The molecule has 1 heterocycles. The molecule has 0 aromatic heterocycles. The maximum atomic E-state index is 13.1. The normalized spacial score (nSPS) is 16.5. The number of hydrogen-bond donors (Lipinski definition) is 2. The third-order valence-electron chi connectivity index (χ3n) is 5.79. The van der Waals surface area contributed by atoms with E-state index in [9.17, 15) is 18.0 Å². The molecule has 1 atom stereocenters. The lowest BCUT2D eigenvalue weighted by atomic mass is 9.96. The molecule has 33 heavy (non-hydrogen) atoms. The predicted molar refractivity (Wildman–Crippen MR) is 130 cm³/mol. The number of aryl methyl sites for hydroxylation is 1. The molecule has 0 unspecified atom stereocenters. The summed E-state index contributed by atoms with van der Waals surface area (Å²) in [6, 6.07) is 13.0. The van der Waals surface area contributed by atoms with Crippen LogP contribution in [0.4, 0.5) is 5.69 Å². The minimum atomic E-state index is -3.76. The second kappa shape index (κ2) is 10.8. The fourth-order valence-corrected chi connectivity index (χ4v) is 4.88. The van der Waals surface area contributed by atoms with E-state index in [1.165, 1.54) is 0 Å². The van der Waals surface area contributed by atoms with E-state index < -0.39 is 10.0 Å². The molecular weight excluding hydrogens is 438 g/mol. The molecule has 2 aromatic rings. The molecule has 0 spiro atoms. The largest absolute Gasteiger partial charge is 0.356 e. The Kier molecular flexibility index (Phi) is 8.13. The Hall–Kier alpha value is -2.87. The van der Waals surface area contributed by atoms with Crippen molar-refractivity contribution in [1.82, 2.24) is 10.2 Å². The van der Waals surface area contributed by atoms with Crippen LogP contribution in [-0.4, -0.2) is 44.8 Å². The Morgan fingerprint density at radius 2 is 1.85 bits per heavy atom. The van der Waals surface area contributed by atoms with Crippen LogP contribution < -0.4 is 10.0 Å². The van der Waals surface area contributed by atoms with Gasteiger partial charge in [-0.1, -0.05) is 37.6 Å². The average molecular weight is 472 g/mol. The molecule has 7 nitrogen and oxygen atoms in total. The average Bonchev–Trinajstić information content (AvgIpc) is 2.78. The second-order valence-electron chi connectivity index (χ2n) is 9.06. The van der Waals surface area contributed by atoms with Gasteiger partial charge in [0.2, 0.25) is 5.91 Å². The van der Waals surface area contributed by atoms with Gasteiger partial charge in [0.15, 0.2) is 0 Å². The molecule has 1 aliphatic rings. The fourth-order valence-electron chi connectivity index (χ4n) is 3.83. The van der Waals surface area contributed by atoms with Crippen molar-refractivity contribution in [3.05, 3.63) is 59.7 Å². The molecule has 0 saturated carbocycles. The van der Waals surface area contributed by atoms with Crippen LogP contribution in [0.5, 0.6) is 0 Å². The Labute approximate surface area is 196 Å². The fraction of sp³-hybridized carbons (Fsp3) is 0.440. The highest BCUT2D eigenvalue weighted by Gasteiger charge is 2.29. The van der Waals surface area contributed by atoms with Crippen LogP contribution in [0.3, 0.4) is 0 Å². The van der Waals surface area contributed by atoms with Crippen molar-refractivity contribution in [2.24, 2.45) is 11.8 Å². The molecule has 2 amide bonds. The van der Waals surface area contributed by atoms with Gasteiger partial charge >= 0.3 is 0 Å². The van der Waals surface area contributed by atoms with Crippen molar-refractivity contribution in [1.29, 1.82) is 0 Å². The Bertz CT molecular complexity index is 1080. The lowest BCUT2D eigenvalue weighted by Crippen LogP contribution is -2.45. The number of likely N-dealkylation sites (tertiary alicyclic amines) is 1. The zero-order valence-electron chi connectivity index (χ0n) is 19.5. The summed E-state index contributed by atoms with van der Waals surface area (Å²) in [5.74, 6) is 0.0855. The highest BCUT2D eigenvalue weighted by molar-refractivity contribution is 7.92. The van der Waals surface area contributed by atoms with E-state index in [0.717, 1.165) is 24.8 Å². The van der Waals surface area contributed by atoms with Crippen LogP contribution in [0.1, 0.15) is 49.0 Å². The van der Waals surface area contributed by atoms with Crippen molar-refractivity contribution < 1.29 is 18.0 Å². The van der Waals surface area contributed by atoms with Gasteiger partial charge in [0, 0.05) is 30.9 Å². The summed E-state index contributed by atoms with van der Waals surface area (Å²) in [5, 5.41) is 2.98. The standard InChI is InChI=1S/C25H33N3O4S/c1-18(2)13-14-26-24(29)21-7-5-15-28(17-21)25(30)20-6-4-8-22(16-20)27-33(31,32)23-11-9-19(3)10-12-23/h4,6,8-12,16,18,21,27H,5,7,13-15,17H2,1-3H3,(H,26,29)/t21-/m1/s1. The number of carbonyl (C=O) groups excluding carboxylic acids is 2. The lowest BCUT2D eigenvalue weighted by Gasteiger charge is -2.32. The van der Waals surface area contributed by atoms with Gasteiger partial charge in [-0.3, -0.25) is 14.3 Å². The Balaban J connectivity index is 1.66. The molecule has 1 aliphatic heterocycles. The molecule has 1 saturated heterocycles. The van der Waals surface area contributed by atoms with Gasteiger partial charge in [-0.2, -0.15) is 0 Å². The molecule has 178 valence electrons. The highest BCUT2D eigenvalue weighted by Crippen LogP contribution is 2.22. The molecule has 0 aliphatic carbocycles. The highest BCUT2D eigenvalue weighted by atomic mass is 32.2. The molecule has 1 fully saturated rings. The second-order valence-corrected chi connectivity index (χ2v) is 10.7. The van der Waals surface area contributed by atoms with E-state index in [4.69, 9.17) is 0 Å². The quantitative estimate of drug-likeness (QED) is 0.612. The van der Waals surface area contributed by atoms with E-state index in [2.05, 4.69) is 23.9 Å². The molecule has 2 aromatic carbocycles. The molecule has 2 N–H and O–H groups in total. The number of anilines is 1. The van der Waals surface area contributed by atoms with Crippen LogP contribution in [0, 0.1) is 18.8 Å². The summed E-state index contributed by atoms with van der Waals surface area (Å²) in [7, 11) is -3.76. The van der Waals surface area contributed by atoms with Crippen LogP contribution in [-0.2, 0) is 14.8 Å². The van der Waals surface area contributed by atoms with Gasteiger partial charge in [0.05, 0.1) is 10.8 Å². The zero-order valence-corrected chi connectivity index (χ0v) is 20.3. The Morgan fingerprint density at radius 1 is 1.12 bits per heavy atom. The smallest absolute Gasteiger partial charge is 0.261 e. The number of benzene rings is 2. The summed E-state index contributed by atoms with van der Waals surface area (Å²) in [6.07, 6.45) is 2.44. The minimum Gasteiger partial charge on any atom is -0.356 e. The van der Waals surface area contributed by atoms with Gasteiger partial charge in [-0.25, -0.2) is 8.42 Å². The maximum Gasteiger partial charge on any atom is 0.261 e. The van der Waals surface area contributed by atoms with Crippen LogP contribution in [0.25, 0.3) is 0 Å². The summed E-state index contributed by atoms with van der Waals surface area (Å²) in [6.45, 7) is 7.70. The van der Waals surface area contributed by atoms with Crippen molar-refractivity contribution in [2.75, 3.05) is 24.4 Å². The summed E-state index contributed by atoms with van der Waals surface area (Å²) < 4.78 is 27.9. The van der Waals surface area contributed by atoms with Crippen LogP contribution >= 0.6 is 0 Å². The maximum absolute atomic E-state index is 13.1. The topological polar surface area (TPSA) is 95.6 Å². The van der Waals surface area contributed by atoms with Gasteiger partial charge in [-0.15, -0.1) is 0 Å². The first-order valence-electron chi connectivity index (χ1n) is 11.4. The summed E-state index contributed by atoms with van der Waals surface area (Å²) in [5.41, 5.74) is 1.68. The van der Waals surface area contributed by atoms with Crippen LogP contribution in [0.2, 0.25) is 0 Å². The van der Waals surface area contributed by atoms with E-state index in [1.54, 1.807) is 53.4 Å². The SMILES string of the molecule is Cc1ccc(S(=O)(=O)Nc2cccc(C(=O)N3CCC[C@@H](C(=O)NCCC(C)C)C3)c2)cc1. The Morgan fingerprint density at radius 3 is 2.55 bits per heavy atom. The first-order chi connectivity index (χ1) is 15.7. The predicted octanol–water partition coefficient (Wildman–Crippen LogP) is 3.81. The number of nitrogens with zero attached hydrogens (tertiary/aromatic N) is 1. The number of piperidine rings is 1. The van der Waals surface area contributed by atoms with E-state index >= 15 is 0 Å². The van der Waals surface area contributed by atoms with Crippen molar-refractivity contribution in [3.8, 4) is 0 Å². The third kappa shape index (κ3) is 6.81. The van der Waals surface area contributed by atoms with Crippen molar-refractivity contribution in [3.63, 3.8) is 0 Å².